The van der Waals surface area contributed by atoms with E-state index in [1.165, 1.54) is 76.8 Å². The Labute approximate surface area is 212 Å². The molecule has 0 spiro atoms. The van der Waals surface area contributed by atoms with Gasteiger partial charge >= 0.3 is 0 Å². The monoisotopic (exact) mass is 460 g/mol. The van der Waals surface area contributed by atoms with E-state index in [-0.39, 0.29) is 10.8 Å². The zero-order valence-electron chi connectivity index (χ0n) is 21.2. The van der Waals surface area contributed by atoms with Crippen LogP contribution in [0.1, 0.15) is 49.9 Å². The molecule has 0 unspecified atom stereocenters. The summed E-state index contributed by atoms with van der Waals surface area (Å²) in [5, 5.41) is 7.97. The second-order valence-corrected chi connectivity index (χ2v) is 11.8. The van der Waals surface area contributed by atoms with Crippen LogP contribution in [-0.4, -0.2) is 0 Å². The van der Waals surface area contributed by atoms with Gasteiger partial charge in [0.25, 0.3) is 0 Å². The molecular weight excluding hydrogens is 432 g/mol. The Morgan fingerprint density at radius 1 is 0.389 bits per heavy atom. The minimum atomic E-state index is -0.0338. The van der Waals surface area contributed by atoms with Crippen molar-refractivity contribution in [2.45, 2.75) is 38.5 Å². The van der Waals surface area contributed by atoms with Gasteiger partial charge in [-0.3, -0.25) is 0 Å². The van der Waals surface area contributed by atoms with Crippen LogP contribution in [0.15, 0.2) is 97.1 Å². The highest BCUT2D eigenvalue weighted by atomic mass is 14.4. The largest absolute Gasteiger partial charge is 0.0619 e. The van der Waals surface area contributed by atoms with Gasteiger partial charge in [-0.2, -0.15) is 0 Å². The fourth-order valence-corrected chi connectivity index (χ4v) is 7.26. The Morgan fingerprint density at radius 2 is 1.03 bits per heavy atom. The van der Waals surface area contributed by atoms with Gasteiger partial charge in [0.2, 0.25) is 0 Å². The van der Waals surface area contributed by atoms with Crippen molar-refractivity contribution in [1.29, 1.82) is 0 Å². The van der Waals surface area contributed by atoms with Crippen molar-refractivity contribution in [3.8, 4) is 22.3 Å². The molecule has 0 saturated heterocycles. The summed E-state index contributed by atoms with van der Waals surface area (Å²) in [4.78, 5) is 0. The van der Waals surface area contributed by atoms with Crippen molar-refractivity contribution < 1.29 is 0 Å². The highest BCUT2D eigenvalue weighted by molar-refractivity contribution is 6.17. The molecule has 0 aromatic heterocycles. The van der Waals surface area contributed by atoms with Crippen LogP contribution >= 0.6 is 0 Å². The summed E-state index contributed by atoms with van der Waals surface area (Å²) in [6.45, 7) is 9.56. The quantitative estimate of drug-likeness (QED) is 0.156. The van der Waals surface area contributed by atoms with Gasteiger partial charge < -0.3 is 0 Å². The third kappa shape index (κ3) is 2.35. The zero-order valence-corrected chi connectivity index (χ0v) is 21.2. The summed E-state index contributed by atoms with van der Waals surface area (Å²) in [5.41, 5.74) is 11.4. The highest BCUT2D eigenvalue weighted by Gasteiger charge is 2.42. The fraction of sp³-hybridized carbons (Fsp3) is 0.167. The zero-order chi connectivity index (χ0) is 24.4. The lowest BCUT2D eigenvalue weighted by Gasteiger charge is -2.24. The fourth-order valence-electron chi connectivity index (χ4n) is 7.26. The van der Waals surface area contributed by atoms with Gasteiger partial charge in [0.15, 0.2) is 0 Å². The predicted octanol–water partition coefficient (Wildman–Crippen LogP) is 9.76. The van der Waals surface area contributed by atoms with E-state index in [0.29, 0.717) is 0 Å². The Morgan fingerprint density at radius 3 is 1.86 bits per heavy atom. The van der Waals surface area contributed by atoms with Gasteiger partial charge in [-0.05, 0) is 101 Å². The molecule has 0 heteroatoms. The van der Waals surface area contributed by atoms with Crippen molar-refractivity contribution in [2.24, 2.45) is 0 Å². The Bertz CT molecular complexity index is 1930. The first kappa shape index (κ1) is 20.3. The van der Waals surface area contributed by atoms with E-state index in [1.54, 1.807) is 0 Å². The molecule has 36 heavy (non-hydrogen) atoms. The lowest BCUT2D eigenvalue weighted by Crippen LogP contribution is -2.16. The summed E-state index contributed by atoms with van der Waals surface area (Å²) in [6, 6.07) is 36.9. The molecule has 0 heterocycles. The summed E-state index contributed by atoms with van der Waals surface area (Å²) >= 11 is 0. The van der Waals surface area contributed by atoms with Crippen molar-refractivity contribution in [3.05, 3.63) is 119 Å². The van der Waals surface area contributed by atoms with E-state index < -0.39 is 0 Å². The van der Waals surface area contributed by atoms with Gasteiger partial charge in [-0.25, -0.2) is 0 Å². The van der Waals surface area contributed by atoms with Crippen molar-refractivity contribution >= 4 is 32.3 Å². The molecule has 0 saturated carbocycles. The van der Waals surface area contributed by atoms with Gasteiger partial charge in [-0.15, -0.1) is 0 Å². The number of benzene rings is 6. The molecule has 2 aliphatic rings. The Hall–Kier alpha value is -3.90. The number of hydrogen-bond donors (Lipinski definition) is 0. The van der Waals surface area contributed by atoms with E-state index in [4.69, 9.17) is 0 Å². The average Bonchev–Trinajstić information content (AvgIpc) is 3.26. The molecular formula is C36H28. The van der Waals surface area contributed by atoms with Crippen LogP contribution < -0.4 is 0 Å². The van der Waals surface area contributed by atoms with E-state index in [2.05, 4.69) is 125 Å². The topological polar surface area (TPSA) is 0 Å². The molecule has 0 bridgehead atoms. The van der Waals surface area contributed by atoms with E-state index in [1.807, 2.05) is 0 Å². The molecule has 0 atom stereocenters. The molecule has 172 valence electrons. The molecule has 6 aromatic carbocycles. The van der Waals surface area contributed by atoms with Crippen LogP contribution in [0.25, 0.3) is 54.6 Å². The summed E-state index contributed by atoms with van der Waals surface area (Å²) in [6.07, 6.45) is 0. The van der Waals surface area contributed by atoms with E-state index >= 15 is 0 Å². The van der Waals surface area contributed by atoms with Crippen molar-refractivity contribution in [2.75, 3.05) is 0 Å². The van der Waals surface area contributed by atoms with Crippen molar-refractivity contribution in [1.82, 2.24) is 0 Å². The molecule has 0 nitrogen and oxygen atoms in total. The predicted molar refractivity (Wildman–Crippen MR) is 154 cm³/mol. The summed E-state index contributed by atoms with van der Waals surface area (Å²) in [5.74, 6) is 0. The third-order valence-corrected chi connectivity index (χ3v) is 9.22. The van der Waals surface area contributed by atoms with Gasteiger partial charge in [0, 0.05) is 10.8 Å². The second-order valence-electron chi connectivity index (χ2n) is 11.8. The van der Waals surface area contributed by atoms with Crippen LogP contribution in [0.2, 0.25) is 0 Å². The smallest absolute Gasteiger partial charge is 0.0159 e. The number of rotatable bonds is 0. The van der Waals surface area contributed by atoms with Gasteiger partial charge in [0.05, 0.1) is 0 Å². The van der Waals surface area contributed by atoms with Crippen LogP contribution in [-0.2, 0) is 10.8 Å². The molecule has 0 radical (unpaired) electrons. The molecule has 8 rings (SSSR count). The molecule has 0 aliphatic heterocycles. The number of fused-ring (bicyclic) bond motifs is 11. The SMILES string of the molecule is CC1(C)c2ccccc2-c2cc3c(cc21)-c1c(ccc2c1ccc1cc4ccccc4cc12)C3(C)C. The Kier molecular flexibility index (Phi) is 3.64. The maximum atomic E-state index is 2.53. The minimum Gasteiger partial charge on any atom is -0.0619 e. The Balaban J connectivity index is 1.47. The van der Waals surface area contributed by atoms with Crippen LogP contribution in [0, 0.1) is 0 Å². The third-order valence-electron chi connectivity index (χ3n) is 9.22. The lowest BCUT2D eigenvalue weighted by molar-refractivity contribution is 0.652. The summed E-state index contributed by atoms with van der Waals surface area (Å²) < 4.78 is 0. The highest BCUT2D eigenvalue weighted by Crippen LogP contribution is 2.57. The first-order valence-electron chi connectivity index (χ1n) is 13.0. The molecule has 0 fully saturated rings. The minimum absolute atomic E-state index is 0.00402. The molecule has 0 amide bonds. The molecule has 0 N–H and O–H groups in total. The first-order valence-corrected chi connectivity index (χ1v) is 13.0. The number of hydrogen-bond acceptors (Lipinski definition) is 0. The van der Waals surface area contributed by atoms with Crippen LogP contribution in [0.4, 0.5) is 0 Å². The summed E-state index contributed by atoms with van der Waals surface area (Å²) in [7, 11) is 0. The lowest BCUT2D eigenvalue weighted by atomic mass is 9.79. The van der Waals surface area contributed by atoms with E-state index in [9.17, 15) is 0 Å². The van der Waals surface area contributed by atoms with Crippen LogP contribution in [0.5, 0.6) is 0 Å². The molecule has 6 aromatic rings. The maximum Gasteiger partial charge on any atom is 0.0159 e. The van der Waals surface area contributed by atoms with E-state index in [0.717, 1.165) is 0 Å². The molecule has 2 aliphatic carbocycles. The maximum absolute atomic E-state index is 2.53. The van der Waals surface area contributed by atoms with Gasteiger partial charge in [-0.1, -0.05) is 100 Å². The normalized spacial score (nSPS) is 16.2. The second kappa shape index (κ2) is 6.45. The average molecular weight is 461 g/mol. The van der Waals surface area contributed by atoms with Gasteiger partial charge in [0.1, 0.15) is 0 Å². The standard InChI is InChI=1S/C36H28/c1-35(2)30-12-8-7-11-25(30)28-19-33-29(20-32(28)35)34-26-14-13-23-17-21-9-5-6-10-22(21)18-27(23)24(26)15-16-31(34)36(33,3)4/h5-20H,1-4H3. The van der Waals surface area contributed by atoms with Crippen molar-refractivity contribution in [3.63, 3.8) is 0 Å². The van der Waals surface area contributed by atoms with Crippen LogP contribution in [0.3, 0.4) is 0 Å². The first-order chi connectivity index (χ1) is 17.4.